The number of aromatic nitrogens is 2. The Morgan fingerprint density at radius 3 is 3.05 bits per heavy atom. The van der Waals surface area contributed by atoms with Gasteiger partial charge < -0.3 is 14.8 Å². The van der Waals surface area contributed by atoms with Crippen molar-refractivity contribution in [1.82, 2.24) is 15.5 Å². The number of carbonyl (C=O) groups excluding carboxylic acids is 1. The summed E-state index contributed by atoms with van der Waals surface area (Å²) in [4.78, 5) is 14.9. The number of carbonyl (C=O) groups is 1. The normalized spacial score (nSPS) is 10.7. The minimum absolute atomic E-state index is 0.235. The smallest absolute Gasteiger partial charge is 0.289 e. The summed E-state index contributed by atoms with van der Waals surface area (Å²) in [5.41, 5.74) is 2.30. The van der Waals surface area contributed by atoms with Crippen LogP contribution in [0.3, 0.4) is 0 Å². The molecular formula is C14H13N3O2. The highest BCUT2D eigenvalue weighted by atomic mass is 16.5. The Hall–Kier alpha value is -2.56. The number of rotatable bonds is 4. The number of H-pyrrole nitrogens is 1. The molecule has 2 heterocycles. The van der Waals surface area contributed by atoms with Crippen LogP contribution in [0.4, 0.5) is 0 Å². The molecule has 1 aromatic carbocycles. The summed E-state index contributed by atoms with van der Waals surface area (Å²) in [6, 6.07) is 9.65. The van der Waals surface area contributed by atoms with Crippen molar-refractivity contribution < 1.29 is 9.32 Å². The van der Waals surface area contributed by atoms with Gasteiger partial charge in [-0.1, -0.05) is 23.4 Å². The lowest BCUT2D eigenvalue weighted by molar-refractivity contribution is 0.0917. The molecule has 19 heavy (non-hydrogen) atoms. The molecule has 1 amide bonds. The van der Waals surface area contributed by atoms with Crippen LogP contribution in [-0.2, 0) is 6.42 Å². The molecule has 0 aliphatic carbocycles. The highest BCUT2D eigenvalue weighted by molar-refractivity contribution is 5.91. The van der Waals surface area contributed by atoms with Crippen molar-refractivity contribution in [3.8, 4) is 0 Å². The second-order valence-corrected chi connectivity index (χ2v) is 4.24. The van der Waals surface area contributed by atoms with E-state index in [9.17, 15) is 4.79 Å². The van der Waals surface area contributed by atoms with E-state index in [1.54, 1.807) is 6.07 Å². The monoisotopic (exact) mass is 255 g/mol. The molecule has 0 bridgehead atoms. The average Bonchev–Trinajstić information content (AvgIpc) is 3.08. The zero-order chi connectivity index (χ0) is 13.1. The van der Waals surface area contributed by atoms with E-state index in [-0.39, 0.29) is 11.7 Å². The van der Waals surface area contributed by atoms with Crippen LogP contribution in [0.5, 0.6) is 0 Å². The fraction of sp³-hybridized carbons (Fsp3) is 0.143. The third-order valence-corrected chi connectivity index (χ3v) is 3.02. The summed E-state index contributed by atoms with van der Waals surface area (Å²) in [5, 5.41) is 7.49. The van der Waals surface area contributed by atoms with Crippen LogP contribution in [0.1, 0.15) is 16.1 Å². The molecule has 0 atom stereocenters. The van der Waals surface area contributed by atoms with Gasteiger partial charge in [-0.05, 0) is 18.1 Å². The van der Waals surface area contributed by atoms with Crippen LogP contribution >= 0.6 is 0 Å². The number of fused-ring (bicyclic) bond motifs is 1. The highest BCUT2D eigenvalue weighted by Gasteiger charge is 2.09. The van der Waals surface area contributed by atoms with E-state index >= 15 is 0 Å². The summed E-state index contributed by atoms with van der Waals surface area (Å²) in [6.45, 7) is 0.557. The Kier molecular flexibility index (Phi) is 3.02. The molecule has 96 valence electrons. The minimum Gasteiger partial charge on any atom is -0.361 e. The lowest BCUT2D eigenvalue weighted by Crippen LogP contribution is -2.25. The molecule has 0 unspecified atom stereocenters. The second-order valence-electron chi connectivity index (χ2n) is 4.24. The maximum absolute atomic E-state index is 11.6. The SMILES string of the molecule is O=C(NCCc1c[nH]c2ccccc12)c1ccno1. The predicted octanol–water partition coefficient (Wildman–Crippen LogP) is 2.13. The van der Waals surface area contributed by atoms with Gasteiger partial charge in [-0.2, -0.15) is 0 Å². The lowest BCUT2D eigenvalue weighted by atomic mass is 10.1. The quantitative estimate of drug-likeness (QED) is 0.750. The van der Waals surface area contributed by atoms with Gasteiger partial charge in [-0.25, -0.2) is 0 Å². The molecule has 0 aliphatic rings. The number of nitrogens with zero attached hydrogens (tertiary/aromatic N) is 1. The van der Waals surface area contributed by atoms with Crippen LogP contribution in [0.15, 0.2) is 47.2 Å². The van der Waals surface area contributed by atoms with Crippen LogP contribution < -0.4 is 5.32 Å². The fourth-order valence-electron chi connectivity index (χ4n) is 2.07. The zero-order valence-corrected chi connectivity index (χ0v) is 10.2. The van der Waals surface area contributed by atoms with Crippen LogP contribution in [-0.4, -0.2) is 22.6 Å². The first-order valence-electron chi connectivity index (χ1n) is 6.08. The molecule has 2 N–H and O–H groups in total. The number of aromatic amines is 1. The van der Waals surface area contributed by atoms with Crippen molar-refractivity contribution in [3.05, 3.63) is 54.0 Å². The van der Waals surface area contributed by atoms with Crippen LogP contribution in [0.25, 0.3) is 10.9 Å². The van der Waals surface area contributed by atoms with Crippen molar-refractivity contribution >= 4 is 16.8 Å². The first kappa shape index (κ1) is 11.5. The first-order valence-corrected chi connectivity index (χ1v) is 6.08. The van der Waals surface area contributed by atoms with Crippen molar-refractivity contribution in [1.29, 1.82) is 0 Å². The maximum Gasteiger partial charge on any atom is 0.289 e. The van der Waals surface area contributed by atoms with E-state index < -0.39 is 0 Å². The van der Waals surface area contributed by atoms with E-state index in [1.165, 1.54) is 17.1 Å². The predicted molar refractivity (Wildman–Crippen MR) is 70.8 cm³/mol. The molecule has 5 heteroatoms. The molecule has 0 aliphatic heterocycles. The topological polar surface area (TPSA) is 70.9 Å². The van der Waals surface area contributed by atoms with Crippen molar-refractivity contribution in [3.63, 3.8) is 0 Å². The molecule has 5 nitrogen and oxygen atoms in total. The second kappa shape index (κ2) is 4.97. The molecule has 0 spiro atoms. The molecule has 2 aromatic heterocycles. The Morgan fingerprint density at radius 1 is 1.32 bits per heavy atom. The first-order chi connectivity index (χ1) is 9.34. The van der Waals surface area contributed by atoms with Crippen molar-refractivity contribution in [2.45, 2.75) is 6.42 Å². The lowest BCUT2D eigenvalue weighted by Gasteiger charge is -2.02. The number of hydrogen-bond donors (Lipinski definition) is 2. The largest absolute Gasteiger partial charge is 0.361 e. The summed E-state index contributed by atoms with van der Waals surface area (Å²) in [7, 11) is 0. The number of amides is 1. The Bertz CT molecular complexity index is 686. The Morgan fingerprint density at radius 2 is 2.21 bits per heavy atom. The molecule has 3 aromatic rings. The van der Waals surface area contributed by atoms with Crippen LogP contribution in [0, 0.1) is 0 Å². The van der Waals surface area contributed by atoms with Gasteiger partial charge in [0.2, 0.25) is 5.76 Å². The van der Waals surface area contributed by atoms with Gasteiger partial charge in [0.15, 0.2) is 0 Å². The molecule has 0 saturated heterocycles. The Balaban J connectivity index is 1.62. The molecular weight excluding hydrogens is 242 g/mol. The number of para-hydroxylation sites is 1. The minimum atomic E-state index is -0.239. The summed E-state index contributed by atoms with van der Waals surface area (Å²) >= 11 is 0. The third kappa shape index (κ3) is 2.35. The number of benzene rings is 1. The van der Waals surface area contributed by atoms with E-state index in [0.29, 0.717) is 6.54 Å². The summed E-state index contributed by atoms with van der Waals surface area (Å²) < 4.78 is 4.79. The van der Waals surface area contributed by atoms with E-state index in [2.05, 4.69) is 21.5 Å². The molecule has 0 radical (unpaired) electrons. The van der Waals surface area contributed by atoms with Gasteiger partial charge in [0.05, 0.1) is 6.20 Å². The average molecular weight is 255 g/mol. The van der Waals surface area contributed by atoms with Gasteiger partial charge in [-0.15, -0.1) is 0 Å². The van der Waals surface area contributed by atoms with Gasteiger partial charge >= 0.3 is 0 Å². The summed E-state index contributed by atoms with van der Waals surface area (Å²) in [6.07, 6.45) is 4.20. The molecule has 0 saturated carbocycles. The van der Waals surface area contributed by atoms with Crippen molar-refractivity contribution in [2.24, 2.45) is 0 Å². The molecule has 0 fully saturated rings. The zero-order valence-electron chi connectivity index (χ0n) is 10.2. The van der Waals surface area contributed by atoms with E-state index in [4.69, 9.17) is 4.52 Å². The van der Waals surface area contributed by atoms with Crippen LogP contribution in [0.2, 0.25) is 0 Å². The van der Waals surface area contributed by atoms with E-state index in [1.807, 2.05) is 24.4 Å². The van der Waals surface area contributed by atoms with Gasteiger partial charge in [-0.3, -0.25) is 4.79 Å². The Labute approximate surface area is 109 Å². The molecule has 3 rings (SSSR count). The number of nitrogens with one attached hydrogen (secondary N) is 2. The fourth-order valence-corrected chi connectivity index (χ4v) is 2.07. The highest BCUT2D eigenvalue weighted by Crippen LogP contribution is 2.17. The summed E-state index contributed by atoms with van der Waals surface area (Å²) in [5.74, 6) is -0.00346. The van der Waals surface area contributed by atoms with Gasteiger partial charge in [0.25, 0.3) is 5.91 Å². The maximum atomic E-state index is 11.6. The third-order valence-electron chi connectivity index (χ3n) is 3.02. The van der Waals surface area contributed by atoms with Crippen molar-refractivity contribution in [2.75, 3.05) is 6.54 Å². The van der Waals surface area contributed by atoms with Gasteiger partial charge in [0.1, 0.15) is 0 Å². The van der Waals surface area contributed by atoms with Gasteiger partial charge in [0, 0.05) is 29.7 Å². The standard InChI is InChI=1S/C14H13N3O2/c18-14(13-6-8-17-19-13)15-7-5-10-9-16-12-4-2-1-3-11(10)12/h1-4,6,8-9,16H,5,7H2,(H,15,18). The number of hydrogen-bond acceptors (Lipinski definition) is 3. The van der Waals surface area contributed by atoms with E-state index in [0.717, 1.165) is 11.9 Å².